The molecule has 1 fully saturated rings. The van der Waals surface area contributed by atoms with Crippen molar-refractivity contribution in [2.75, 3.05) is 39.5 Å². The minimum atomic E-state index is -0.148. The van der Waals surface area contributed by atoms with E-state index in [9.17, 15) is 19.5 Å². The van der Waals surface area contributed by atoms with E-state index in [1.165, 1.54) is 116 Å². The summed E-state index contributed by atoms with van der Waals surface area (Å²) in [5, 5.41) is 10.6. The van der Waals surface area contributed by atoms with Crippen LogP contribution in [0.25, 0.3) is 0 Å². The molecular formula is C53H101NO7. The number of rotatable bonds is 46. The van der Waals surface area contributed by atoms with Gasteiger partial charge in [-0.2, -0.15) is 0 Å². The minimum Gasteiger partial charge on any atom is -0.466 e. The van der Waals surface area contributed by atoms with Gasteiger partial charge in [-0.15, -0.1) is 0 Å². The van der Waals surface area contributed by atoms with Gasteiger partial charge in [0.15, 0.2) is 0 Å². The number of ether oxygens (including phenoxy) is 3. The first-order valence-corrected chi connectivity index (χ1v) is 26.7. The molecule has 1 aliphatic carbocycles. The van der Waals surface area contributed by atoms with Crippen molar-refractivity contribution in [3.63, 3.8) is 0 Å². The summed E-state index contributed by atoms with van der Waals surface area (Å²) < 4.78 is 17.0. The van der Waals surface area contributed by atoms with Crippen LogP contribution in [-0.4, -0.2) is 73.0 Å². The summed E-state index contributed by atoms with van der Waals surface area (Å²) >= 11 is 0. The number of nitrogens with zero attached hydrogens (tertiary/aromatic N) is 1. The highest BCUT2D eigenvalue weighted by Crippen LogP contribution is 2.35. The molecule has 1 aliphatic rings. The Bertz CT molecular complexity index is 969. The molecule has 1 rings (SSSR count). The van der Waals surface area contributed by atoms with E-state index in [0.29, 0.717) is 39.1 Å². The summed E-state index contributed by atoms with van der Waals surface area (Å²) in [5.41, 5.74) is -0.148. The summed E-state index contributed by atoms with van der Waals surface area (Å²) in [6.07, 6.45) is 43.6. The maximum Gasteiger partial charge on any atom is 0.305 e. The Balaban J connectivity index is 2.35. The van der Waals surface area contributed by atoms with Crippen LogP contribution in [0.3, 0.4) is 0 Å². The number of aliphatic hydroxyl groups is 1. The van der Waals surface area contributed by atoms with Crippen molar-refractivity contribution in [2.24, 2.45) is 5.92 Å². The molecule has 0 unspecified atom stereocenters. The molecule has 0 radical (unpaired) electrons. The lowest BCUT2D eigenvalue weighted by Crippen LogP contribution is -2.50. The number of carbonyl (C=O) groups excluding carboxylic acids is 3. The van der Waals surface area contributed by atoms with Crippen molar-refractivity contribution < 1.29 is 33.7 Å². The highest BCUT2D eigenvalue weighted by atomic mass is 16.5. The summed E-state index contributed by atoms with van der Waals surface area (Å²) in [6, 6.07) is 0. The highest BCUT2D eigenvalue weighted by molar-refractivity contribution is 5.70. The Morgan fingerprint density at radius 2 is 0.803 bits per heavy atom. The molecule has 0 atom stereocenters. The normalized spacial score (nSPS) is 13.7. The third-order valence-corrected chi connectivity index (χ3v) is 13.3. The van der Waals surface area contributed by atoms with Crippen LogP contribution < -0.4 is 0 Å². The van der Waals surface area contributed by atoms with Gasteiger partial charge in [0.2, 0.25) is 0 Å². The second-order valence-corrected chi connectivity index (χ2v) is 19.0. The molecule has 1 N–H and O–H groups in total. The first-order chi connectivity index (χ1) is 29.9. The van der Waals surface area contributed by atoms with Gasteiger partial charge < -0.3 is 19.3 Å². The Hall–Kier alpha value is -1.67. The molecule has 360 valence electrons. The highest BCUT2D eigenvalue weighted by Gasteiger charge is 2.38. The third-order valence-electron chi connectivity index (χ3n) is 13.3. The topological polar surface area (TPSA) is 102 Å². The first-order valence-electron chi connectivity index (χ1n) is 26.7. The summed E-state index contributed by atoms with van der Waals surface area (Å²) in [7, 11) is 0. The maximum absolute atomic E-state index is 12.5. The fourth-order valence-electron chi connectivity index (χ4n) is 9.11. The van der Waals surface area contributed by atoms with Crippen LogP contribution in [0.15, 0.2) is 0 Å². The molecule has 0 saturated heterocycles. The van der Waals surface area contributed by atoms with Crippen LogP contribution in [0.2, 0.25) is 0 Å². The van der Waals surface area contributed by atoms with E-state index in [1.54, 1.807) is 0 Å². The molecule has 8 nitrogen and oxygen atoms in total. The van der Waals surface area contributed by atoms with E-state index in [-0.39, 0.29) is 36.0 Å². The van der Waals surface area contributed by atoms with Crippen LogP contribution in [0.4, 0.5) is 0 Å². The van der Waals surface area contributed by atoms with Crippen molar-refractivity contribution in [1.82, 2.24) is 4.90 Å². The molecule has 0 aromatic carbocycles. The SMILES string of the molecule is CCCCCCCCCCCCCCCCCCOC(=O)CCCCCN(CCCCC(COC(=O)CCCCCCC)COC(=O)CCCCCCC)C1(CO)CCCC1. The van der Waals surface area contributed by atoms with Gasteiger partial charge in [0.25, 0.3) is 0 Å². The van der Waals surface area contributed by atoms with Gasteiger partial charge in [0, 0.05) is 30.7 Å². The van der Waals surface area contributed by atoms with Crippen LogP contribution in [0, 0.1) is 5.92 Å². The van der Waals surface area contributed by atoms with Gasteiger partial charge in [-0.3, -0.25) is 19.3 Å². The van der Waals surface area contributed by atoms with E-state index in [4.69, 9.17) is 14.2 Å². The smallest absolute Gasteiger partial charge is 0.305 e. The predicted octanol–water partition coefficient (Wildman–Crippen LogP) is 14.6. The maximum atomic E-state index is 12.5. The molecule has 0 aromatic heterocycles. The van der Waals surface area contributed by atoms with E-state index < -0.39 is 0 Å². The number of carbonyl (C=O) groups is 3. The molecule has 61 heavy (non-hydrogen) atoms. The monoisotopic (exact) mass is 864 g/mol. The van der Waals surface area contributed by atoms with Crippen molar-refractivity contribution in [2.45, 2.75) is 277 Å². The lowest BCUT2D eigenvalue weighted by Gasteiger charge is -2.40. The average molecular weight is 864 g/mol. The molecule has 8 heteroatoms. The van der Waals surface area contributed by atoms with Gasteiger partial charge in [-0.05, 0) is 70.9 Å². The number of hydrogen-bond acceptors (Lipinski definition) is 8. The molecule has 0 aliphatic heterocycles. The van der Waals surface area contributed by atoms with Crippen molar-refractivity contribution in [3.8, 4) is 0 Å². The van der Waals surface area contributed by atoms with Gasteiger partial charge in [0.1, 0.15) is 0 Å². The van der Waals surface area contributed by atoms with Crippen LogP contribution in [0.1, 0.15) is 271 Å². The Kier molecular flexibility index (Phi) is 39.8. The zero-order chi connectivity index (χ0) is 44.3. The zero-order valence-electron chi connectivity index (χ0n) is 40.7. The van der Waals surface area contributed by atoms with Crippen LogP contribution >= 0.6 is 0 Å². The largest absolute Gasteiger partial charge is 0.466 e. The Morgan fingerprint density at radius 3 is 1.21 bits per heavy atom. The molecule has 0 aromatic rings. The van der Waals surface area contributed by atoms with Crippen LogP contribution in [0.5, 0.6) is 0 Å². The summed E-state index contributed by atoms with van der Waals surface area (Å²) in [5.74, 6) is -0.372. The number of hydrogen-bond donors (Lipinski definition) is 1. The standard InChI is InChI=1S/C53H101NO7/c1-4-7-10-13-14-15-16-17-18-19-20-21-22-23-26-36-45-59-50(56)38-30-27-34-43-54(53(48-55)41-32-33-42-53)44-35-31-37-49(46-60-51(57)39-28-24-11-8-5-2)47-61-52(58)40-29-25-12-9-6-3/h49,55H,4-48H2,1-3H3. The fraction of sp³-hybridized carbons (Fsp3) is 0.943. The Labute approximate surface area is 377 Å². The van der Waals surface area contributed by atoms with Crippen molar-refractivity contribution in [3.05, 3.63) is 0 Å². The van der Waals surface area contributed by atoms with Crippen molar-refractivity contribution in [1.29, 1.82) is 0 Å². The second-order valence-electron chi connectivity index (χ2n) is 19.0. The zero-order valence-corrected chi connectivity index (χ0v) is 40.7. The van der Waals surface area contributed by atoms with E-state index in [1.807, 2.05) is 0 Å². The van der Waals surface area contributed by atoms with Gasteiger partial charge in [-0.25, -0.2) is 0 Å². The molecule has 0 bridgehead atoms. The molecule has 0 amide bonds. The number of unbranched alkanes of at least 4 members (excludes halogenated alkanes) is 26. The van der Waals surface area contributed by atoms with E-state index >= 15 is 0 Å². The molecule has 1 saturated carbocycles. The van der Waals surface area contributed by atoms with E-state index in [2.05, 4.69) is 25.7 Å². The second kappa shape index (κ2) is 42.3. The van der Waals surface area contributed by atoms with E-state index in [0.717, 1.165) is 129 Å². The third kappa shape index (κ3) is 33.5. The number of aliphatic hydroxyl groups excluding tert-OH is 1. The molecular weight excluding hydrogens is 763 g/mol. The lowest BCUT2D eigenvalue weighted by molar-refractivity contribution is -0.149. The molecule has 0 heterocycles. The van der Waals surface area contributed by atoms with Gasteiger partial charge in [-0.1, -0.05) is 194 Å². The van der Waals surface area contributed by atoms with Crippen LogP contribution in [-0.2, 0) is 28.6 Å². The van der Waals surface area contributed by atoms with Gasteiger partial charge in [0.05, 0.1) is 26.4 Å². The Morgan fingerprint density at radius 1 is 0.459 bits per heavy atom. The average Bonchev–Trinajstić information content (AvgIpc) is 3.76. The lowest BCUT2D eigenvalue weighted by atomic mass is 9.94. The number of esters is 3. The summed E-state index contributed by atoms with van der Waals surface area (Å²) in [6.45, 7) is 9.82. The fourth-order valence-corrected chi connectivity index (χ4v) is 9.11. The quantitative estimate of drug-likeness (QED) is 0.0367. The minimum absolute atomic E-state index is 0.0105. The summed E-state index contributed by atoms with van der Waals surface area (Å²) in [4.78, 5) is 40.1. The van der Waals surface area contributed by atoms with Crippen molar-refractivity contribution >= 4 is 17.9 Å². The van der Waals surface area contributed by atoms with Gasteiger partial charge >= 0.3 is 17.9 Å². The first kappa shape index (κ1) is 57.3. The molecule has 0 spiro atoms. The predicted molar refractivity (Wildman–Crippen MR) is 255 cm³/mol.